The highest BCUT2D eigenvalue weighted by Crippen LogP contribution is 2.21. The molecule has 0 aliphatic carbocycles. The second-order valence-corrected chi connectivity index (χ2v) is 3.76. The SMILES string of the molecule is C#CC1C[C@H](Oc2ccccn2)CN1C(=O)O. The molecule has 0 radical (unpaired) electrons. The summed E-state index contributed by atoms with van der Waals surface area (Å²) in [5, 5.41) is 8.96. The summed E-state index contributed by atoms with van der Waals surface area (Å²) >= 11 is 0. The number of hydrogen-bond donors (Lipinski definition) is 1. The van der Waals surface area contributed by atoms with Crippen molar-refractivity contribution in [3.8, 4) is 18.2 Å². The summed E-state index contributed by atoms with van der Waals surface area (Å²) in [4.78, 5) is 16.2. The van der Waals surface area contributed by atoms with E-state index in [1.165, 1.54) is 4.90 Å². The highest BCUT2D eigenvalue weighted by Gasteiger charge is 2.35. The van der Waals surface area contributed by atoms with Gasteiger partial charge >= 0.3 is 6.09 Å². The van der Waals surface area contributed by atoms with Crippen molar-refractivity contribution in [2.45, 2.75) is 18.6 Å². The van der Waals surface area contributed by atoms with Crippen LogP contribution in [0.15, 0.2) is 24.4 Å². The van der Waals surface area contributed by atoms with E-state index in [4.69, 9.17) is 16.3 Å². The molecule has 5 heteroatoms. The molecule has 0 saturated carbocycles. The van der Waals surface area contributed by atoms with Crippen LogP contribution in [-0.4, -0.2) is 39.8 Å². The first-order chi connectivity index (χ1) is 8.20. The Balaban J connectivity index is 2.02. The van der Waals surface area contributed by atoms with Crippen LogP contribution >= 0.6 is 0 Å². The Hall–Kier alpha value is -2.22. The smallest absolute Gasteiger partial charge is 0.408 e. The molecule has 2 rings (SSSR count). The predicted octanol–water partition coefficient (Wildman–Crippen LogP) is 1.21. The van der Waals surface area contributed by atoms with Crippen LogP contribution in [0.3, 0.4) is 0 Å². The van der Waals surface area contributed by atoms with Crippen molar-refractivity contribution in [2.75, 3.05) is 6.54 Å². The number of terminal acetylenes is 1. The van der Waals surface area contributed by atoms with E-state index in [2.05, 4.69) is 10.9 Å². The normalized spacial score (nSPS) is 23.1. The minimum Gasteiger partial charge on any atom is -0.472 e. The lowest BCUT2D eigenvalue weighted by atomic mass is 10.2. The van der Waals surface area contributed by atoms with Gasteiger partial charge in [0.15, 0.2) is 0 Å². The fourth-order valence-electron chi connectivity index (χ4n) is 1.84. The third kappa shape index (κ3) is 2.48. The molecule has 1 unspecified atom stereocenters. The van der Waals surface area contributed by atoms with Crippen molar-refractivity contribution in [1.82, 2.24) is 9.88 Å². The van der Waals surface area contributed by atoms with Gasteiger partial charge in [-0.1, -0.05) is 12.0 Å². The molecule has 1 saturated heterocycles. The van der Waals surface area contributed by atoms with E-state index in [1.54, 1.807) is 18.3 Å². The molecule has 0 aromatic carbocycles. The fourth-order valence-corrected chi connectivity index (χ4v) is 1.84. The highest BCUT2D eigenvalue weighted by atomic mass is 16.5. The van der Waals surface area contributed by atoms with E-state index >= 15 is 0 Å². The first-order valence-corrected chi connectivity index (χ1v) is 5.24. The second kappa shape index (κ2) is 4.74. The van der Waals surface area contributed by atoms with Crippen LogP contribution in [0.4, 0.5) is 4.79 Å². The monoisotopic (exact) mass is 232 g/mol. The van der Waals surface area contributed by atoms with Gasteiger partial charge in [0.2, 0.25) is 5.88 Å². The lowest BCUT2D eigenvalue weighted by molar-refractivity contribution is 0.140. The van der Waals surface area contributed by atoms with Crippen LogP contribution < -0.4 is 4.74 Å². The lowest BCUT2D eigenvalue weighted by Gasteiger charge is -2.15. The standard InChI is InChI=1S/C12H12N2O3/c1-2-9-7-10(8-14(9)12(15)16)17-11-5-3-4-6-13-11/h1,3-6,9-10H,7-8H2,(H,15,16)/t9?,10-/m0/s1. The van der Waals surface area contributed by atoms with E-state index < -0.39 is 12.1 Å². The maximum Gasteiger partial charge on any atom is 0.408 e. The fraction of sp³-hybridized carbons (Fsp3) is 0.333. The molecule has 5 nitrogen and oxygen atoms in total. The summed E-state index contributed by atoms with van der Waals surface area (Å²) in [6, 6.07) is 4.91. The number of rotatable bonds is 2. The molecule has 17 heavy (non-hydrogen) atoms. The first-order valence-electron chi connectivity index (χ1n) is 5.24. The number of hydrogen-bond acceptors (Lipinski definition) is 3. The molecule has 0 bridgehead atoms. The average molecular weight is 232 g/mol. The van der Waals surface area contributed by atoms with Gasteiger partial charge in [0, 0.05) is 18.7 Å². The van der Waals surface area contributed by atoms with Crippen molar-refractivity contribution in [1.29, 1.82) is 0 Å². The molecule has 2 heterocycles. The Bertz CT molecular complexity index is 441. The van der Waals surface area contributed by atoms with Crippen LogP contribution in [-0.2, 0) is 0 Å². The number of ether oxygens (including phenoxy) is 1. The van der Waals surface area contributed by atoms with Gasteiger partial charge in [-0.25, -0.2) is 9.78 Å². The third-order valence-corrected chi connectivity index (χ3v) is 2.63. The number of nitrogens with zero attached hydrogens (tertiary/aromatic N) is 2. The molecule has 1 aromatic heterocycles. The Morgan fingerprint density at radius 1 is 1.65 bits per heavy atom. The largest absolute Gasteiger partial charge is 0.472 e. The maximum absolute atomic E-state index is 10.9. The number of carboxylic acid groups (broad SMARTS) is 1. The van der Waals surface area contributed by atoms with Gasteiger partial charge in [0.1, 0.15) is 6.10 Å². The Labute approximate surface area is 99.0 Å². The van der Waals surface area contributed by atoms with Crippen LogP contribution in [0.25, 0.3) is 0 Å². The van der Waals surface area contributed by atoms with Gasteiger partial charge in [-0.3, -0.25) is 4.90 Å². The van der Waals surface area contributed by atoms with E-state index in [1.807, 2.05) is 6.07 Å². The van der Waals surface area contributed by atoms with Crippen LogP contribution in [0, 0.1) is 12.3 Å². The maximum atomic E-state index is 10.9. The highest BCUT2D eigenvalue weighted by molar-refractivity contribution is 5.66. The van der Waals surface area contributed by atoms with Gasteiger partial charge in [0.05, 0.1) is 12.6 Å². The number of likely N-dealkylation sites (tertiary alicyclic amines) is 1. The summed E-state index contributed by atoms with van der Waals surface area (Å²) in [5.74, 6) is 2.94. The quantitative estimate of drug-likeness (QED) is 0.778. The second-order valence-electron chi connectivity index (χ2n) is 3.76. The number of pyridine rings is 1. The minimum absolute atomic E-state index is 0.234. The van der Waals surface area contributed by atoms with E-state index in [0.29, 0.717) is 12.3 Å². The van der Waals surface area contributed by atoms with Crippen molar-refractivity contribution in [2.24, 2.45) is 0 Å². The molecular formula is C12H12N2O3. The first kappa shape index (κ1) is 11.3. The minimum atomic E-state index is -1.01. The van der Waals surface area contributed by atoms with Crippen molar-refractivity contribution >= 4 is 6.09 Å². The van der Waals surface area contributed by atoms with Crippen molar-refractivity contribution in [3.63, 3.8) is 0 Å². The Morgan fingerprint density at radius 3 is 3.00 bits per heavy atom. The third-order valence-electron chi connectivity index (χ3n) is 2.63. The topological polar surface area (TPSA) is 62.7 Å². The number of amides is 1. The Morgan fingerprint density at radius 2 is 2.47 bits per heavy atom. The molecule has 88 valence electrons. The van der Waals surface area contributed by atoms with Crippen molar-refractivity contribution in [3.05, 3.63) is 24.4 Å². The molecule has 1 amide bonds. The molecule has 1 N–H and O–H groups in total. The zero-order chi connectivity index (χ0) is 12.3. The number of aromatic nitrogens is 1. The predicted molar refractivity (Wildman–Crippen MR) is 60.6 cm³/mol. The van der Waals surface area contributed by atoms with Crippen LogP contribution in [0.5, 0.6) is 5.88 Å². The molecule has 1 aliphatic heterocycles. The van der Waals surface area contributed by atoms with E-state index in [-0.39, 0.29) is 12.6 Å². The molecule has 1 fully saturated rings. The van der Waals surface area contributed by atoms with Crippen LogP contribution in [0.2, 0.25) is 0 Å². The van der Waals surface area contributed by atoms with Gasteiger partial charge in [-0.05, 0) is 6.07 Å². The summed E-state index contributed by atoms with van der Waals surface area (Å²) in [7, 11) is 0. The van der Waals surface area contributed by atoms with Gasteiger partial charge in [-0.15, -0.1) is 6.42 Å². The molecular weight excluding hydrogens is 220 g/mol. The summed E-state index contributed by atoms with van der Waals surface area (Å²) < 4.78 is 5.58. The summed E-state index contributed by atoms with van der Waals surface area (Å²) in [6.07, 6.45) is 6.17. The summed E-state index contributed by atoms with van der Waals surface area (Å²) in [6.45, 7) is 0.279. The van der Waals surface area contributed by atoms with Gasteiger partial charge < -0.3 is 9.84 Å². The average Bonchev–Trinajstić information content (AvgIpc) is 2.73. The van der Waals surface area contributed by atoms with E-state index in [0.717, 1.165) is 0 Å². The Kier molecular flexibility index (Phi) is 3.15. The summed E-state index contributed by atoms with van der Waals surface area (Å²) in [5.41, 5.74) is 0. The van der Waals surface area contributed by atoms with Crippen molar-refractivity contribution < 1.29 is 14.6 Å². The molecule has 1 aliphatic rings. The van der Waals surface area contributed by atoms with E-state index in [9.17, 15) is 4.79 Å². The zero-order valence-corrected chi connectivity index (χ0v) is 9.11. The molecule has 1 aromatic rings. The number of carbonyl (C=O) groups is 1. The molecule has 2 atom stereocenters. The van der Waals surface area contributed by atoms with Crippen LogP contribution in [0.1, 0.15) is 6.42 Å². The van der Waals surface area contributed by atoms with Gasteiger partial charge in [-0.2, -0.15) is 0 Å². The molecule has 0 spiro atoms. The zero-order valence-electron chi connectivity index (χ0n) is 9.11. The lowest BCUT2D eigenvalue weighted by Crippen LogP contribution is -2.34. The van der Waals surface area contributed by atoms with Gasteiger partial charge in [0.25, 0.3) is 0 Å².